The number of methoxy groups -OCH3 is 2. The fourth-order valence-corrected chi connectivity index (χ4v) is 2.30. The molecule has 0 bridgehead atoms. The summed E-state index contributed by atoms with van der Waals surface area (Å²) in [4.78, 5) is 12.1. The summed E-state index contributed by atoms with van der Waals surface area (Å²) in [7, 11) is 3.17. The van der Waals surface area contributed by atoms with E-state index in [-0.39, 0.29) is 5.91 Å². The molecule has 0 saturated heterocycles. The fourth-order valence-electron chi connectivity index (χ4n) is 2.30. The van der Waals surface area contributed by atoms with E-state index in [9.17, 15) is 4.79 Å². The Balaban J connectivity index is 2.12. The van der Waals surface area contributed by atoms with Crippen LogP contribution in [0.25, 0.3) is 6.08 Å². The Morgan fingerprint density at radius 2 is 1.65 bits per heavy atom. The van der Waals surface area contributed by atoms with Crippen LogP contribution in [0.3, 0.4) is 0 Å². The number of hydrogen-bond donors (Lipinski definition) is 1. The molecule has 1 amide bonds. The van der Waals surface area contributed by atoms with E-state index < -0.39 is 0 Å². The Kier molecular flexibility index (Phi) is 5.41. The highest BCUT2D eigenvalue weighted by Gasteiger charge is 2.05. The van der Waals surface area contributed by atoms with Crippen LogP contribution in [0, 0.1) is 13.8 Å². The third-order valence-electron chi connectivity index (χ3n) is 3.56. The first-order valence-corrected chi connectivity index (χ1v) is 7.32. The summed E-state index contributed by atoms with van der Waals surface area (Å²) in [6, 6.07) is 11.4. The van der Waals surface area contributed by atoms with Gasteiger partial charge < -0.3 is 14.8 Å². The first-order valence-electron chi connectivity index (χ1n) is 7.32. The van der Waals surface area contributed by atoms with Gasteiger partial charge in [-0.05, 0) is 48.7 Å². The summed E-state index contributed by atoms with van der Waals surface area (Å²) in [6.45, 7) is 3.95. The lowest BCUT2D eigenvalue weighted by Gasteiger charge is -2.10. The lowest BCUT2D eigenvalue weighted by atomic mass is 10.1. The first-order chi connectivity index (χ1) is 11.0. The van der Waals surface area contributed by atoms with Crippen molar-refractivity contribution in [2.24, 2.45) is 0 Å². The summed E-state index contributed by atoms with van der Waals surface area (Å²) in [6.07, 6.45) is 3.25. The van der Waals surface area contributed by atoms with Crippen LogP contribution in [0.4, 0.5) is 5.69 Å². The van der Waals surface area contributed by atoms with Crippen molar-refractivity contribution in [3.63, 3.8) is 0 Å². The van der Waals surface area contributed by atoms with Gasteiger partial charge in [-0.3, -0.25) is 4.79 Å². The number of nitrogens with one attached hydrogen (secondary N) is 1. The minimum absolute atomic E-state index is 0.169. The average Bonchev–Trinajstić information content (AvgIpc) is 2.56. The molecule has 0 spiro atoms. The van der Waals surface area contributed by atoms with Crippen molar-refractivity contribution in [1.82, 2.24) is 0 Å². The largest absolute Gasteiger partial charge is 0.493 e. The number of carbonyl (C=O) groups excluding carboxylic acids is 1. The maximum absolute atomic E-state index is 12.1. The van der Waals surface area contributed by atoms with E-state index in [0.29, 0.717) is 11.5 Å². The third-order valence-corrected chi connectivity index (χ3v) is 3.56. The zero-order valence-electron chi connectivity index (χ0n) is 13.8. The van der Waals surface area contributed by atoms with Crippen molar-refractivity contribution >= 4 is 17.7 Å². The van der Waals surface area contributed by atoms with Crippen molar-refractivity contribution < 1.29 is 14.3 Å². The van der Waals surface area contributed by atoms with Crippen molar-refractivity contribution in [3.05, 3.63) is 59.2 Å². The monoisotopic (exact) mass is 311 g/mol. The van der Waals surface area contributed by atoms with Gasteiger partial charge in [0, 0.05) is 11.8 Å². The van der Waals surface area contributed by atoms with Crippen molar-refractivity contribution in [2.45, 2.75) is 13.8 Å². The molecule has 2 rings (SSSR count). The zero-order chi connectivity index (χ0) is 16.8. The number of para-hydroxylation sites is 1. The number of anilines is 1. The molecule has 0 fully saturated rings. The van der Waals surface area contributed by atoms with Crippen molar-refractivity contribution in [3.8, 4) is 11.5 Å². The Labute approximate surface area is 136 Å². The molecule has 2 aromatic rings. The Morgan fingerprint density at radius 3 is 2.26 bits per heavy atom. The minimum Gasteiger partial charge on any atom is -0.493 e. The standard InChI is InChI=1S/C19H21NO3/c1-13-6-5-7-14(2)19(13)20-18(21)11-9-15-8-10-16(22-3)17(12-15)23-4/h5-12H,1-4H3,(H,20,21)/b11-9-. The average molecular weight is 311 g/mol. The van der Waals surface area contributed by atoms with Gasteiger partial charge in [-0.2, -0.15) is 0 Å². The summed E-state index contributed by atoms with van der Waals surface area (Å²) >= 11 is 0. The number of ether oxygens (including phenoxy) is 2. The summed E-state index contributed by atoms with van der Waals surface area (Å²) < 4.78 is 10.4. The maximum atomic E-state index is 12.1. The van der Waals surface area contributed by atoms with E-state index in [1.807, 2.05) is 50.2 Å². The van der Waals surface area contributed by atoms with Gasteiger partial charge in [-0.1, -0.05) is 24.3 Å². The highest BCUT2D eigenvalue weighted by molar-refractivity contribution is 6.02. The van der Waals surface area contributed by atoms with Gasteiger partial charge in [-0.25, -0.2) is 0 Å². The van der Waals surface area contributed by atoms with Crippen LogP contribution in [-0.4, -0.2) is 20.1 Å². The Bertz CT molecular complexity index is 715. The SMILES string of the molecule is COc1ccc(/C=C\C(=O)Nc2c(C)cccc2C)cc1OC. The lowest BCUT2D eigenvalue weighted by molar-refractivity contribution is -0.111. The second kappa shape index (κ2) is 7.49. The van der Waals surface area contributed by atoms with Crippen LogP contribution >= 0.6 is 0 Å². The summed E-state index contributed by atoms with van der Waals surface area (Å²) in [5.74, 6) is 1.12. The fraction of sp³-hybridized carbons (Fsp3) is 0.211. The van der Waals surface area contributed by atoms with E-state index in [0.717, 1.165) is 22.4 Å². The number of rotatable bonds is 5. The molecule has 0 aliphatic carbocycles. The van der Waals surface area contributed by atoms with E-state index in [1.54, 1.807) is 20.3 Å². The highest BCUT2D eigenvalue weighted by Crippen LogP contribution is 2.28. The molecular weight excluding hydrogens is 290 g/mol. The molecular formula is C19H21NO3. The molecule has 23 heavy (non-hydrogen) atoms. The van der Waals surface area contributed by atoms with Crippen LogP contribution in [0.15, 0.2) is 42.5 Å². The smallest absolute Gasteiger partial charge is 0.248 e. The molecule has 1 N–H and O–H groups in total. The second-order valence-corrected chi connectivity index (χ2v) is 5.20. The molecule has 0 unspecified atom stereocenters. The maximum Gasteiger partial charge on any atom is 0.248 e. The number of benzene rings is 2. The van der Waals surface area contributed by atoms with Gasteiger partial charge in [0.1, 0.15) is 0 Å². The molecule has 2 aromatic carbocycles. The summed E-state index contributed by atoms with van der Waals surface area (Å²) in [5.41, 5.74) is 3.80. The normalized spacial score (nSPS) is 10.6. The predicted octanol–water partition coefficient (Wildman–Crippen LogP) is 3.97. The molecule has 0 radical (unpaired) electrons. The van der Waals surface area contributed by atoms with E-state index in [2.05, 4.69) is 5.32 Å². The van der Waals surface area contributed by atoms with Gasteiger partial charge in [-0.15, -0.1) is 0 Å². The Hall–Kier alpha value is -2.75. The number of amides is 1. The van der Waals surface area contributed by atoms with Gasteiger partial charge in [0.25, 0.3) is 0 Å². The van der Waals surface area contributed by atoms with Crippen LogP contribution < -0.4 is 14.8 Å². The van der Waals surface area contributed by atoms with Gasteiger partial charge in [0.05, 0.1) is 14.2 Å². The molecule has 4 heteroatoms. The number of aryl methyl sites for hydroxylation is 2. The molecule has 0 aliphatic heterocycles. The van der Waals surface area contributed by atoms with Crippen molar-refractivity contribution in [1.29, 1.82) is 0 Å². The molecule has 0 saturated carbocycles. The van der Waals surface area contributed by atoms with Crippen molar-refractivity contribution in [2.75, 3.05) is 19.5 Å². The number of hydrogen-bond acceptors (Lipinski definition) is 3. The van der Waals surface area contributed by atoms with Crippen LogP contribution in [0.5, 0.6) is 11.5 Å². The minimum atomic E-state index is -0.169. The quantitative estimate of drug-likeness (QED) is 0.850. The number of carbonyl (C=O) groups is 1. The summed E-state index contributed by atoms with van der Waals surface area (Å²) in [5, 5.41) is 2.92. The highest BCUT2D eigenvalue weighted by atomic mass is 16.5. The molecule has 120 valence electrons. The molecule has 0 aromatic heterocycles. The van der Waals surface area contributed by atoms with Crippen LogP contribution in [-0.2, 0) is 4.79 Å². The van der Waals surface area contributed by atoms with E-state index in [1.165, 1.54) is 6.08 Å². The molecule has 0 heterocycles. The van der Waals surface area contributed by atoms with Gasteiger partial charge in [0.2, 0.25) is 5.91 Å². The van der Waals surface area contributed by atoms with E-state index in [4.69, 9.17) is 9.47 Å². The topological polar surface area (TPSA) is 47.6 Å². The van der Waals surface area contributed by atoms with Crippen LogP contribution in [0.2, 0.25) is 0 Å². The molecule has 0 atom stereocenters. The third kappa shape index (κ3) is 4.13. The van der Waals surface area contributed by atoms with Gasteiger partial charge in [0.15, 0.2) is 11.5 Å². The van der Waals surface area contributed by atoms with Crippen LogP contribution in [0.1, 0.15) is 16.7 Å². The second-order valence-electron chi connectivity index (χ2n) is 5.20. The Morgan fingerprint density at radius 1 is 1.00 bits per heavy atom. The molecule has 0 aliphatic rings. The lowest BCUT2D eigenvalue weighted by Crippen LogP contribution is -2.10. The van der Waals surface area contributed by atoms with E-state index >= 15 is 0 Å². The molecule has 4 nitrogen and oxygen atoms in total. The van der Waals surface area contributed by atoms with Gasteiger partial charge >= 0.3 is 0 Å². The zero-order valence-corrected chi connectivity index (χ0v) is 13.8. The predicted molar refractivity (Wildman–Crippen MR) is 93.1 cm³/mol. The first kappa shape index (κ1) is 16.6.